The molecule has 0 radical (unpaired) electrons. The molecule has 24 heavy (non-hydrogen) atoms. The summed E-state index contributed by atoms with van der Waals surface area (Å²) in [5, 5.41) is 4.79. The zero-order valence-corrected chi connectivity index (χ0v) is 14.2. The fraction of sp³-hybridized carbons (Fsp3) is 0.263. The van der Waals surface area contributed by atoms with E-state index in [9.17, 15) is 0 Å². The second kappa shape index (κ2) is 6.71. The number of nitrogens with zero attached hydrogens (tertiary/aromatic N) is 3. The van der Waals surface area contributed by atoms with Crippen LogP contribution in [0.15, 0.2) is 54.7 Å². The van der Waals surface area contributed by atoms with E-state index < -0.39 is 0 Å². The van der Waals surface area contributed by atoms with Gasteiger partial charge in [-0.3, -0.25) is 0 Å². The van der Waals surface area contributed by atoms with Crippen molar-refractivity contribution in [2.24, 2.45) is 0 Å². The molecule has 1 aliphatic heterocycles. The Bertz CT molecular complexity index is 853. The number of hydrogen-bond donors (Lipinski definition) is 0. The highest BCUT2D eigenvalue weighted by Crippen LogP contribution is 2.27. The summed E-state index contributed by atoms with van der Waals surface area (Å²) in [7, 11) is 0. The fourth-order valence-corrected chi connectivity index (χ4v) is 3.46. The van der Waals surface area contributed by atoms with Crippen molar-refractivity contribution in [2.75, 3.05) is 26.3 Å². The van der Waals surface area contributed by atoms with Gasteiger partial charge in [-0.15, -0.1) is 0 Å². The van der Waals surface area contributed by atoms with Gasteiger partial charge in [0.2, 0.25) is 0 Å². The number of benzene rings is 1. The van der Waals surface area contributed by atoms with Crippen LogP contribution in [0.25, 0.3) is 16.8 Å². The Morgan fingerprint density at radius 3 is 2.58 bits per heavy atom. The molecule has 0 saturated carbocycles. The first-order chi connectivity index (χ1) is 11.8. The predicted octanol–water partition coefficient (Wildman–Crippen LogP) is 3.20. The molecule has 3 heterocycles. The van der Waals surface area contributed by atoms with Crippen molar-refractivity contribution in [3.05, 3.63) is 60.3 Å². The number of aromatic nitrogens is 2. The van der Waals surface area contributed by atoms with Crippen molar-refractivity contribution in [1.82, 2.24) is 14.5 Å². The lowest BCUT2D eigenvalue weighted by molar-refractivity contribution is 0.0685. The summed E-state index contributed by atoms with van der Waals surface area (Å²) in [6.45, 7) is 3.25. The largest absolute Gasteiger partial charge is 0.378 e. The van der Waals surface area contributed by atoms with E-state index in [1.165, 1.54) is 5.56 Å². The molecule has 0 bridgehead atoms. The van der Waals surface area contributed by atoms with Gasteiger partial charge in [0, 0.05) is 36.8 Å². The molecule has 122 valence electrons. The van der Waals surface area contributed by atoms with E-state index in [4.69, 9.17) is 22.1 Å². The lowest BCUT2D eigenvalue weighted by Crippen LogP contribution is -2.40. The van der Waals surface area contributed by atoms with Gasteiger partial charge in [-0.1, -0.05) is 48.6 Å². The first-order valence-corrected chi connectivity index (χ1v) is 8.61. The summed E-state index contributed by atoms with van der Waals surface area (Å²) < 4.78 is 7.37. The van der Waals surface area contributed by atoms with Crippen LogP contribution in [0.1, 0.15) is 5.56 Å². The third-order valence-electron chi connectivity index (χ3n) is 4.38. The first-order valence-electron chi connectivity index (χ1n) is 8.20. The number of rotatable bonds is 3. The molecule has 1 aromatic carbocycles. The molecule has 0 atom stereocenters. The van der Waals surface area contributed by atoms with Crippen molar-refractivity contribution < 1.29 is 4.74 Å². The topological polar surface area (TPSA) is 29.8 Å². The van der Waals surface area contributed by atoms with Gasteiger partial charge in [-0.05, 0) is 12.1 Å². The van der Waals surface area contributed by atoms with Crippen LogP contribution in [0.5, 0.6) is 0 Å². The van der Waals surface area contributed by atoms with Crippen LogP contribution >= 0.6 is 12.2 Å². The summed E-state index contributed by atoms with van der Waals surface area (Å²) in [5.74, 6) is 0. The highest BCUT2D eigenvalue weighted by Gasteiger charge is 2.19. The quantitative estimate of drug-likeness (QED) is 0.687. The van der Waals surface area contributed by atoms with Crippen molar-refractivity contribution in [1.29, 1.82) is 0 Å². The van der Waals surface area contributed by atoms with Crippen LogP contribution in [-0.4, -0.2) is 45.8 Å². The van der Waals surface area contributed by atoms with E-state index in [1.807, 2.05) is 41.0 Å². The lowest BCUT2D eigenvalue weighted by atomic mass is 10.0. The maximum Gasteiger partial charge on any atom is 0.0969 e. The Kier molecular flexibility index (Phi) is 4.28. The van der Waals surface area contributed by atoms with Crippen LogP contribution in [0, 0.1) is 0 Å². The van der Waals surface area contributed by atoms with Crippen LogP contribution < -0.4 is 0 Å². The third kappa shape index (κ3) is 2.92. The molecule has 5 heteroatoms. The van der Waals surface area contributed by atoms with Gasteiger partial charge in [0.05, 0.1) is 29.4 Å². The maximum atomic E-state index is 5.73. The number of hydrogen-bond acceptors (Lipinski definition) is 3. The van der Waals surface area contributed by atoms with E-state index in [2.05, 4.69) is 23.1 Å². The number of thiocarbonyl (C=S) groups is 1. The molecule has 1 fully saturated rings. The van der Waals surface area contributed by atoms with E-state index in [0.717, 1.165) is 54.5 Å². The van der Waals surface area contributed by atoms with Crippen LogP contribution in [0.4, 0.5) is 0 Å². The molecule has 1 aliphatic rings. The van der Waals surface area contributed by atoms with Gasteiger partial charge in [0.15, 0.2) is 0 Å². The molecule has 4 nitrogen and oxygen atoms in total. The molecule has 0 unspecified atom stereocenters. The Morgan fingerprint density at radius 1 is 1.04 bits per heavy atom. The fourth-order valence-electron chi connectivity index (χ4n) is 3.13. The van der Waals surface area contributed by atoms with Gasteiger partial charge in [0.1, 0.15) is 0 Å². The van der Waals surface area contributed by atoms with Gasteiger partial charge in [-0.2, -0.15) is 5.10 Å². The zero-order chi connectivity index (χ0) is 16.4. The molecule has 0 N–H and O–H groups in total. The Balaban J connectivity index is 1.74. The first kappa shape index (κ1) is 15.3. The van der Waals surface area contributed by atoms with E-state index in [0.29, 0.717) is 0 Å². The van der Waals surface area contributed by atoms with Gasteiger partial charge >= 0.3 is 0 Å². The monoisotopic (exact) mass is 337 g/mol. The minimum Gasteiger partial charge on any atom is -0.378 e. The SMILES string of the molecule is S=C(Cc1c(-c2ccccc2)nn2ccccc12)N1CCOCC1. The van der Waals surface area contributed by atoms with Gasteiger partial charge < -0.3 is 9.64 Å². The summed E-state index contributed by atoms with van der Waals surface area (Å²) in [5.41, 5.74) is 4.45. The summed E-state index contributed by atoms with van der Waals surface area (Å²) in [4.78, 5) is 3.22. The molecule has 3 aromatic rings. The van der Waals surface area contributed by atoms with Crippen molar-refractivity contribution >= 4 is 22.7 Å². The molecular weight excluding hydrogens is 318 g/mol. The predicted molar refractivity (Wildman–Crippen MR) is 99.3 cm³/mol. The minimum absolute atomic E-state index is 0.729. The van der Waals surface area contributed by atoms with Crippen molar-refractivity contribution in [3.63, 3.8) is 0 Å². The normalized spacial score (nSPS) is 14.9. The molecule has 4 rings (SSSR count). The lowest BCUT2D eigenvalue weighted by Gasteiger charge is -2.29. The Morgan fingerprint density at radius 2 is 1.79 bits per heavy atom. The molecule has 0 aliphatic carbocycles. The summed E-state index contributed by atoms with van der Waals surface area (Å²) >= 11 is 5.73. The number of ether oxygens (including phenoxy) is 1. The highest BCUT2D eigenvalue weighted by atomic mass is 32.1. The minimum atomic E-state index is 0.729. The number of fused-ring (bicyclic) bond motifs is 1. The van der Waals surface area contributed by atoms with Crippen LogP contribution in [-0.2, 0) is 11.2 Å². The van der Waals surface area contributed by atoms with Crippen molar-refractivity contribution in [2.45, 2.75) is 6.42 Å². The zero-order valence-electron chi connectivity index (χ0n) is 13.4. The molecule has 0 amide bonds. The van der Waals surface area contributed by atoms with Crippen LogP contribution in [0.3, 0.4) is 0 Å². The summed E-state index contributed by atoms with van der Waals surface area (Å²) in [6, 6.07) is 16.5. The maximum absolute atomic E-state index is 5.73. The summed E-state index contributed by atoms with van der Waals surface area (Å²) in [6.07, 6.45) is 2.72. The second-order valence-electron chi connectivity index (χ2n) is 5.89. The molecular formula is C19H19N3OS. The Hall–Kier alpha value is -2.24. The average molecular weight is 337 g/mol. The van der Waals surface area contributed by atoms with E-state index in [1.54, 1.807) is 0 Å². The molecule has 2 aromatic heterocycles. The standard InChI is InChI=1S/C19H19N3OS/c24-18(21-10-12-23-13-11-21)14-16-17-8-4-5-9-22(17)20-19(16)15-6-2-1-3-7-15/h1-9H,10-14H2. The average Bonchev–Trinajstić information content (AvgIpc) is 3.02. The Labute approximate surface area is 146 Å². The van der Waals surface area contributed by atoms with E-state index in [-0.39, 0.29) is 0 Å². The number of morpholine rings is 1. The molecule has 1 saturated heterocycles. The van der Waals surface area contributed by atoms with Gasteiger partial charge in [-0.25, -0.2) is 4.52 Å². The number of pyridine rings is 1. The van der Waals surface area contributed by atoms with Gasteiger partial charge in [0.25, 0.3) is 0 Å². The second-order valence-corrected chi connectivity index (χ2v) is 6.36. The highest BCUT2D eigenvalue weighted by molar-refractivity contribution is 7.80. The molecule has 0 spiro atoms. The third-order valence-corrected chi connectivity index (χ3v) is 4.78. The van der Waals surface area contributed by atoms with Crippen molar-refractivity contribution in [3.8, 4) is 11.3 Å². The smallest absolute Gasteiger partial charge is 0.0969 e. The van der Waals surface area contributed by atoms with E-state index >= 15 is 0 Å². The van der Waals surface area contributed by atoms with Crippen LogP contribution in [0.2, 0.25) is 0 Å².